The number of amides is 5. The van der Waals surface area contributed by atoms with Crippen LogP contribution in [0.5, 0.6) is 51.7 Å². The van der Waals surface area contributed by atoms with Crippen LogP contribution in [-0.4, -0.2) is 91.6 Å². The van der Waals surface area contributed by atoms with Crippen LogP contribution < -0.4 is 43.4 Å². The van der Waals surface area contributed by atoms with Crippen LogP contribution in [0, 0.1) is 69.2 Å². The highest BCUT2D eigenvalue weighted by atomic mass is 28.3. The predicted molar refractivity (Wildman–Crippen MR) is 470 cm³/mol. The van der Waals surface area contributed by atoms with Crippen molar-refractivity contribution in [2.24, 2.45) is 0 Å². The SMILES string of the molecule is C=C1C(=O)N(c2cc(C)cc(OC)c2)[C@H]1c1ccc(C)c(O)c1.C=C1C(=O)N(c2ccc(C)cc2)[C@H]1c1ccc(C)c(O)c1.C=C1C(=O)N(c2ccc(C)cc2OC)[C@H]1c1ccc(C)c(O)c1.C=C1C(=O)N(c2cccc(OC)c2)[C@H]1c1ccc(C)c(O)c1.COc1cc(N2C(=O)/C(=C/C[Si](C)(C)C)[C@@H]2c2ccc(C)c(O)c2)cc(C)c1C. The van der Waals surface area contributed by atoms with E-state index in [1.54, 1.807) is 78.4 Å². The van der Waals surface area contributed by atoms with E-state index in [0.29, 0.717) is 45.2 Å². The zero-order chi connectivity index (χ0) is 86.0. The van der Waals surface area contributed by atoms with Crippen LogP contribution in [0.3, 0.4) is 0 Å². The molecule has 5 N–H and O–H groups in total. The van der Waals surface area contributed by atoms with E-state index < -0.39 is 8.07 Å². The summed E-state index contributed by atoms with van der Waals surface area (Å²) in [6.07, 6.45) is 2.12. The quantitative estimate of drug-likeness (QED) is 0.0344. The molecule has 0 saturated carbocycles. The molecule has 0 aliphatic carbocycles. The van der Waals surface area contributed by atoms with Gasteiger partial charge in [-0.05, 0) is 238 Å². The van der Waals surface area contributed by atoms with Crippen molar-refractivity contribution in [3.8, 4) is 51.7 Å². The number of ether oxygens (including phenoxy) is 4. The largest absolute Gasteiger partial charge is 0.508 e. The summed E-state index contributed by atoms with van der Waals surface area (Å²) >= 11 is 0. The molecule has 0 aromatic heterocycles. The zero-order valence-electron chi connectivity index (χ0n) is 70.0. The molecule has 10 aromatic rings. The second-order valence-electron chi connectivity index (χ2n) is 31.7. The van der Waals surface area contributed by atoms with Crippen molar-refractivity contribution < 1.29 is 68.5 Å². The monoisotopic (exact) mass is 1600 g/mol. The van der Waals surface area contributed by atoms with E-state index in [4.69, 9.17) is 18.9 Å². The highest BCUT2D eigenvalue weighted by molar-refractivity contribution is 6.76. The number of allylic oxidation sites excluding steroid dienone is 1. The van der Waals surface area contributed by atoms with E-state index in [1.165, 1.54) is 0 Å². The van der Waals surface area contributed by atoms with Crippen molar-refractivity contribution in [3.63, 3.8) is 0 Å². The van der Waals surface area contributed by atoms with E-state index in [-0.39, 0.29) is 88.5 Å². The van der Waals surface area contributed by atoms with Crippen molar-refractivity contribution >= 4 is 66.0 Å². The molecular weight excluding hydrogens is 1500 g/mol. The summed E-state index contributed by atoms with van der Waals surface area (Å²) in [7, 11) is 5.10. The molecule has 19 nitrogen and oxygen atoms in total. The molecule has 5 saturated heterocycles. The third-order valence-corrected chi connectivity index (χ3v) is 23.3. The fraction of sp³-hybridized carbons (Fsp3) is 0.235. The topological polar surface area (TPSA) is 240 Å². The maximum atomic E-state index is 13.2. The van der Waals surface area contributed by atoms with Crippen LogP contribution in [0.15, 0.2) is 248 Å². The number of carbonyl (C=O) groups is 5. The lowest BCUT2D eigenvalue weighted by atomic mass is 9.86. The van der Waals surface area contributed by atoms with Gasteiger partial charge in [0, 0.05) is 76.9 Å². The number of hydrogen-bond donors (Lipinski definition) is 5. The van der Waals surface area contributed by atoms with E-state index in [1.807, 2.05) is 232 Å². The molecule has 5 atom stereocenters. The first-order chi connectivity index (χ1) is 55.9. The van der Waals surface area contributed by atoms with Gasteiger partial charge < -0.3 is 44.5 Å². The average molecular weight is 1600 g/mol. The third kappa shape index (κ3) is 17.4. The molecule has 5 fully saturated rings. The lowest BCUT2D eigenvalue weighted by Gasteiger charge is -2.44. The van der Waals surface area contributed by atoms with Crippen LogP contribution >= 0.6 is 0 Å². The standard InChI is InChI=1S/C24H31NO3Si.2C19H19NO3.C18H17NO3.C18H17NO2/c1-15-8-9-18(13-21(15)26)23-20(10-11-29(5,6)7)24(27)25(23)19-12-16(2)17(3)22(14-19)28-4;1-11-5-8-15(17(9-11)23-4)20-18(13(3)19(20)22)14-7-6-12(2)16(21)10-14;1-11-7-15(10-16(8-11)23-4)20-18(13(3)19(20)22)14-6-5-12(2)17(21)9-14;1-11-7-8-13(9-16(11)20)17-12(2)18(21)19(17)14-5-4-6-15(10-14)22-3;1-11-4-8-15(9-5-11)19-17(13(3)18(19)21)14-7-6-12(2)16(20)10-14/h8-10,12-14,23,26H,11H2,1-7H3;2*5-10,18,21H,3H2,1-2,4H3;4-10,17,20H,2H2,1,3H3;4-10,17,20H,3H2,1-2H3/b20-10+;;;;/t23-;2*18-;2*17-/m01111/s1. The van der Waals surface area contributed by atoms with Gasteiger partial charge >= 0.3 is 0 Å². The number of hydrogen-bond acceptors (Lipinski definition) is 14. The van der Waals surface area contributed by atoms with Crippen molar-refractivity contribution in [1.82, 2.24) is 0 Å². The molecule has 0 spiro atoms. The minimum Gasteiger partial charge on any atom is -0.508 e. The summed E-state index contributed by atoms with van der Waals surface area (Å²) in [5.74, 6) is 3.57. The van der Waals surface area contributed by atoms with Crippen molar-refractivity contribution in [2.45, 2.75) is 125 Å². The maximum Gasteiger partial charge on any atom is 0.257 e. The first-order valence-electron chi connectivity index (χ1n) is 38.7. The van der Waals surface area contributed by atoms with Gasteiger partial charge in [0.1, 0.15) is 51.7 Å². The Balaban J connectivity index is 0.000000145. The van der Waals surface area contributed by atoms with Gasteiger partial charge in [-0.25, -0.2) is 0 Å². The lowest BCUT2D eigenvalue weighted by Crippen LogP contribution is -2.49. The minimum atomic E-state index is -1.33. The third-order valence-electron chi connectivity index (χ3n) is 21.9. The van der Waals surface area contributed by atoms with E-state index in [9.17, 15) is 49.5 Å². The average Bonchev–Trinajstić information content (AvgIpc) is 0.746. The normalized spacial score (nSPS) is 17.6. The lowest BCUT2D eigenvalue weighted by molar-refractivity contribution is -0.119. The number of rotatable bonds is 16. The number of β-lactam (4-membered cyclic amide) rings is 5. The fourth-order valence-corrected chi connectivity index (χ4v) is 15.4. The summed E-state index contributed by atoms with van der Waals surface area (Å²) in [6.45, 7) is 41.6. The Hall–Kier alpha value is -13.3. The van der Waals surface area contributed by atoms with Gasteiger partial charge in [0.05, 0.1) is 64.3 Å². The van der Waals surface area contributed by atoms with Crippen molar-refractivity contribution in [2.75, 3.05) is 52.9 Å². The minimum absolute atomic E-state index is 0.0265. The van der Waals surface area contributed by atoms with Crippen molar-refractivity contribution in [3.05, 3.63) is 332 Å². The summed E-state index contributed by atoms with van der Waals surface area (Å²) in [5.41, 5.74) is 20.5. The van der Waals surface area contributed by atoms with Crippen LogP contribution in [0.1, 0.15) is 114 Å². The Kier molecular flexibility index (Phi) is 25.4. The summed E-state index contributed by atoms with van der Waals surface area (Å²) < 4.78 is 21.5. The number of carbonyl (C=O) groups excluding carboxylic acids is 5. The smallest absolute Gasteiger partial charge is 0.257 e. The van der Waals surface area contributed by atoms with Crippen LogP contribution in [0.25, 0.3) is 0 Å². The number of nitrogens with zero attached hydrogens (tertiary/aromatic N) is 5. The van der Waals surface area contributed by atoms with Gasteiger partial charge in [-0.3, -0.25) is 48.5 Å². The van der Waals surface area contributed by atoms with Crippen LogP contribution in [-0.2, 0) is 24.0 Å². The molecular formula is C98H103N5O14Si. The number of phenols is 5. The Bertz CT molecular complexity index is 5720. The molecule has 608 valence electrons. The molecule has 15 rings (SSSR count). The van der Waals surface area contributed by atoms with Crippen LogP contribution in [0.2, 0.25) is 25.7 Å². The number of aryl methyl sites for hydroxylation is 9. The fourth-order valence-electron chi connectivity index (χ4n) is 14.6. The Morgan fingerprint density at radius 1 is 0.331 bits per heavy atom. The Morgan fingerprint density at radius 2 is 0.703 bits per heavy atom. The van der Waals surface area contributed by atoms with Gasteiger partial charge in [0.25, 0.3) is 29.5 Å². The van der Waals surface area contributed by atoms with Gasteiger partial charge in [-0.2, -0.15) is 0 Å². The highest BCUT2D eigenvalue weighted by Crippen LogP contribution is 2.51. The Morgan fingerprint density at radius 3 is 1.12 bits per heavy atom. The van der Waals surface area contributed by atoms with Crippen molar-refractivity contribution in [1.29, 1.82) is 0 Å². The molecule has 0 radical (unpaired) electrons. The molecule has 5 heterocycles. The van der Waals surface area contributed by atoms with Gasteiger partial charge in [-0.15, -0.1) is 0 Å². The first-order valence-corrected chi connectivity index (χ1v) is 42.4. The molecule has 0 unspecified atom stereocenters. The summed E-state index contributed by atoms with van der Waals surface area (Å²) in [4.78, 5) is 70.8. The first kappa shape index (κ1) is 85.5. The second-order valence-corrected chi connectivity index (χ2v) is 37.2. The van der Waals surface area contributed by atoms with E-state index >= 15 is 0 Å². The molecule has 0 bridgehead atoms. The predicted octanol–water partition coefficient (Wildman–Crippen LogP) is 20.0. The molecule has 5 aliphatic rings. The van der Waals surface area contributed by atoms with Crippen LogP contribution in [0.4, 0.5) is 28.4 Å². The summed E-state index contributed by atoms with van der Waals surface area (Å²) in [6, 6.07) is 57.7. The maximum absolute atomic E-state index is 13.2. The van der Waals surface area contributed by atoms with E-state index in [2.05, 4.69) is 52.0 Å². The number of aromatic hydroxyl groups is 5. The highest BCUT2D eigenvalue weighted by Gasteiger charge is 2.48. The molecule has 20 heteroatoms. The molecule has 118 heavy (non-hydrogen) atoms. The van der Waals surface area contributed by atoms with Gasteiger partial charge in [0.2, 0.25) is 0 Å². The molecule has 5 amide bonds. The number of methoxy groups -OCH3 is 4. The summed E-state index contributed by atoms with van der Waals surface area (Å²) in [5, 5.41) is 50.0. The van der Waals surface area contributed by atoms with Gasteiger partial charge in [-0.1, -0.05) is 143 Å². The molecule has 5 aliphatic heterocycles. The number of anilines is 5. The van der Waals surface area contributed by atoms with Gasteiger partial charge in [0.15, 0.2) is 0 Å². The van der Waals surface area contributed by atoms with E-state index in [0.717, 1.165) is 124 Å². The zero-order valence-corrected chi connectivity index (χ0v) is 71.0. The molecule has 10 aromatic carbocycles. The Labute approximate surface area is 692 Å². The number of phenolic OH excluding ortho intramolecular Hbond substituents is 5. The number of benzene rings is 10. The second kappa shape index (κ2) is 35.0.